The van der Waals surface area contributed by atoms with Gasteiger partial charge in [-0.05, 0) is 18.2 Å². The summed E-state index contributed by atoms with van der Waals surface area (Å²) < 4.78 is 5.63. The molecule has 1 aliphatic rings. The number of hydrogen-bond donors (Lipinski definition) is 1. The lowest BCUT2D eigenvalue weighted by molar-refractivity contribution is 0.274. The Bertz CT molecular complexity index is 616. The maximum absolute atomic E-state index is 8.73. The quantitative estimate of drug-likeness (QED) is 0.891. The number of rotatable bonds is 2. The van der Waals surface area contributed by atoms with E-state index < -0.39 is 0 Å². The first-order valence-electron chi connectivity index (χ1n) is 6.21. The van der Waals surface area contributed by atoms with Gasteiger partial charge in [-0.25, -0.2) is 4.98 Å². The third-order valence-corrected chi connectivity index (χ3v) is 3.18. The van der Waals surface area contributed by atoms with Gasteiger partial charge >= 0.3 is 0 Å². The van der Waals surface area contributed by atoms with Gasteiger partial charge in [0.2, 0.25) is 0 Å². The van der Waals surface area contributed by atoms with E-state index in [4.69, 9.17) is 10.00 Å². The summed E-state index contributed by atoms with van der Waals surface area (Å²) in [6.07, 6.45) is 2.60. The van der Waals surface area contributed by atoms with Crippen LogP contribution >= 0.6 is 0 Å². The normalized spacial score (nSPS) is 16.9. The summed E-state index contributed by atoms with van der Waals surface area (Å²) in [7, 11) is 0. The second-order valence-electron chi connectivity index (χ2n) is 4.42. The molecule has 4 heteroatoms. The summed E-state index contributed by atoms with van der Waals surface area (Å²) in [5.41, 5.74) is 2.51. The molecular formula is C15H13N3O. The predicted octanol–water partition coefficient (Wildman–Crippen LogP) is 2.89. The summed E-state index contributed by atoms with van der Waals surface area (Å²) in [6.45, 7) is 0.707. The molecule has 0 fully saturated rings. The minimum absolute atomic E-state index is 0.222. The summed E-state index contributed by atoms with van der Waals surface area (Å²) in [6, 6.07) is 13.9. The average molecular weight is 251 g/mol. The van der Waals surface area contributed by atoms with Crippen molar-refractivity contribution >= 4 is 5.69 Å². The largest absolute Gasteiger partial charge is 0.493 e. The first-order valence-corrected chi connectivity index (χ1v) is 6.21. The lowest BCUT2D eigenvalue weighted by atomic mass is 10.0. The highest BCUT2D eigenvalue weighted by Gasteiger charge is 2.20. The topological polar surface area (TPSA) is 57.9 Å². The number of para-hydroxylation sites is 1. The Labute approximate surface area is 111 Å². The van der Waals surface area contributed by atoms with Crippen LogP contribution in [0.2, 0.25) is 0 Å². The zero-order valence-electron chi connectivity index (χ0n) is 10.3. The maximum atomic E-state index is 8.73. The zero-order chi connectivity index (χ0) is 13.1. The molecule has 0 spiro atoms. The molecule has 2 heterocycles. The first kappa shape index (κ1) is 11.5. The summed E-state index contributed by atoms with van der Waals surface area (Å²) >= 11 is 0. The maximum Gasteiger partial charge on any atom is 0.140 e. The van der Waals surface area contributed by atoms with Crippen LogP contribution < -0.4 is 10.1 Å². The van der Waals surface area contributed by atoms with Crippen molar-refractivity contribution in [1.82, 2.24) is 4.98 Å². The van der Waals surface area contributed by atoms with Crippen LogP contribution in [0.3, 0.4) is 0 Å². The molecule has 1 aromatic carbocycles. The smallest absolute Gasteiger partial charge is 0.140 e. The molecule has 0 radical (unpaired) electrons. The number of anilines is 1. The van der Waals surface area contributed by atoms with Gasteiger partial charge in [-0.3, -0.25) is 0 Å². The molecule has 1 aliphatic heterocycles. The van der Waals surface area contributed by atoms with Crippen molar-refractivity contribution in [3.63, 3.8) is 0 Å². The number of pyridine rings is 1. The molecule has 0 aliphatic carbocycles. The fourth-order valence-electron chi connectivity index (χ4n) is 2.24. The number of aromatic nitrogens is 1. The van der Waals surface area contributed by atoms with E-state index in [1.807, 2.05) is 30.3 Å². The highest BCUT2D eigenvalue weighted by atomic mass is 16.5. The molecule has 94 valence electrons. The second kappa shape index (κ2) is 4.99. The van der Waals surface area contributed by atoms with E-state index in [1.165, 1.54) is 0 Å². The highest BCUT2D eigenvalue weighted by molar-refractivity contribution is 5.48. The molecule has 2 aromatic rings. The van der Waals surface area contributed by atoms with Gasteiger partial charge in [0.15, 0.2) is 0 Å². The van der Waals surface area contributed by atoms with Crippen LogP contribution in [0.15, 0.2) is 42.6 Å². The summed E-state index contributed by atoms with van der Waals surface area (Å²) in [5.74, 6) is 0.938. The Morgan fingerprint density at radius 3 is 2.95 bits per heavy atom. The zero-order valence-corrected chi connectivity index (χ0v) is 10.3. The molecule has 0 bridgehead atoms. The Kier molecular flexibility index (Phi) is 3.03. The van der Waals surface area contributed by atoms with Crippen molar-refractivity contribution in [2.24, 2.45) is 0 Å². The van der Waals surface area contributed by atoms with Crippen LogP contribution in [0.1, 0.15) is 23.7 Å². The van der Waals surface area contributed by atoms with E-state index in [9.17, 15) is 0 Å². The van der Waals surface area contributed by atoms with Gasteiger partial charge in [0, 0.05) is 12.0 Å². The molecule has 1 N–H and O–H groups in total. The summed E-state index contributed by atoms with van der Waals surface area (Å²) in [4.78, 5) is 4.06. The van der Waals surface area contributed by atoms with E-state index in [2.05, 4.69) is 16.4 Å². The van der Waals surface area contributed by atoms with E-state index in [0.29, 0.717) is 12.3 Å². The Morgan fingerprint density at radius 1 is 1.26 bits per heavy atom. The van der Waals surface area contributed by atoms with Crippen LogP contribution in [0.25, 0.3) is 0 Å². The molecule has 1 atom stereocenters. The monoisotopic (exact) mass is 251 g/mol. The van der Waals surface area contributed by atoms with Crippen molar-refractivity contribution in [2.45, 2.75) is 12.5 Å². The molecule has 4 nitrogen and oxygen atoms in total. The molecule has 3 rings (SSSR count). The number of nitriles is 1. The fraction of sp³-hybridized carbons (Fsp3) is 0.200. The lowest BCUT2D eigenvalue weighted by Gasteiger charge is -2.27. The van der Waals surface area contributed by atoms with Crippen LogP contribution in [0, 0.1) is 11.3 Å². The lowest BCUT2D eigenvalue weighted by Crippen LogP contribution is -2.20. The molecule has 1 unspecified atom stereocenters. The van der Waals surface area contributed by atoms with E-state index >= 15 is 0 Å². The number of ether oxygens (including phenoxy) is 1. The van der Waals surface area contributed by atoms with Gasteiger partial charge in [0.1, 0.15) is 17.5 Å². The second-order valence-corrected chi connectivity index (χ2v) is 4.42. The van der Waals surface area contributed by atoms with Gasteiger partial charge < -0.3 is 10.1 Å². The Balaban J connectivity index is 1.82. The molecule has 0 saturated heterocycles. The van der Waals surface area contributed by atoms with Gasteiger partial charge in [-0.15, -0.1) is 0 Å². The standard InChI is InChI=1S/C15H13N3O/c16-9-11-5-6-12(10-17-11)18-14-7-8-19-15-4-2-1-3-13(14)15/h1-6,10,14,18H,7-8H2. The molecule has 0 saturated carbocycles. The minimum Gasteiger partial charge on any atom is -0.493 e. The van der Waals surface area contributed by atoms with Gasteiger partial charge in [-0.2, -0.15) is 5.26 Å². The summed E-state index contributed by atoms with van der Waals surface area (Å²) in [5, 5.41) is 12.2. The van der Waals surface area contributed by atoms with Gasteiger partial charge in [0.25, 0.3) is 0 Å². The van der Waals surface area contributed by atoms with Crippen molar-refractivity contribution in [3.05, 3.63) is 53.9 Å². The molecule has 1 aromatic heterocycles. The third kappa shape index (κ3) is 2.36. The van der Waals surface area contributed by atoms with Crippen LogP contribution in [-0.4, -0.2) is 11.6 Å². The number of fused-ring (bicyclic) bond motifs is 1. The number of nitrogens with zero attached hydrogens (tertiary/aromatic N) is 2. The van der Waals surface area contributed by atoms with Crippen molar-refractivity contribution < 1.29 is 4.74 Å². The van der Waals surface area contributed by atoms with E-state index in [0.717, 1.165) is 23.4 Å². The SMILES string of the molecule is N#Cc1ccc(NC2CCOc3ccccc32)cn1. The van der Waals surface area contributed by atoms with E-state index in [-0.39, 0.29) is 6.04 Å². The first-order chi connectivity index (χ1) is 9.36. The van der Waals surface area contributed by atoms with Crippen molar-refractivity contribution in [2.75, 3.05) is 11.9 Å². The van der Waals surface area contributed by atoms with Crippen molar-refractivity contribution in [1.29, 1.82) is 5.26 Å². The molecule has 0 amide bonds. The van der Waals surface area contributed by atoms with Crippen molar-refractivity contribution in [3.8, 4) is 11.8 Å². The predicted molar refractivity (Wildman–Crippen MR) is 71.9 cm³/mol. The van der Waals surface area contributed by atoms with Gasteiger partial charge in [0.05, 0.1) is 24.5 Å². The van der Waals surface area contributed by atoms with E-state index in [1.54, 1.807) is 12.3 Å². The Hall–Kier alpha value is -2.54. The molecular weight excluding hydrogens is 238 g/mol. The minimum atomic E-state index is 0.222. The highest BCUT2D eigenvalue weighted by Crippen LogP contribution is 2.33. The number of hydrogen-bond acceptors (Lipinski definition) is 4. The van der Waals surface area contributed by atoms with Crippen LogP contribution in [0.5, 0.6) is 5.75 Å². The number of nitrogens with one attached hydrogen (secondary N) is 1. The van der Waals surface area contributed by atoms with Gasteiger partial charge in [-0.1, -0.05) is 18.2 Å². The Morgan fingerprint density at radius 2 is 2.16 bits per heavy atom. The van der Waals surface area contributed by atoms with Crippen LogP contribution in [-0.2, 0) is 0 Å². The fourth-order valence-corrected chi connectivity index (χ4v) is 2.24. The number of benzene rings is 1. The van der Waals surface area contributed by atoms with Crippen LogP contribution in [0.4, 0.5) is 5.69 Å². The average Bonchev–Trinajstić information content (AvgIpc) is 2.48. The molecule has 19 heavy (non-hydrogen) atoms. The third-order valence-electron chi connectivity index (χ3n) is 3.18.